The molecule has 0 aromatic carbocycles. The number of nitrogens with zero attached hydrogens (tertiary/aromatic N) is 1. The van der Waals surface area contributed by atoms with Crippen LogP contribution < -0.4 is 0 Å². The predicted molar refractivity (Wildman–Crippen MR) is 65.4 cm³/mol. The van der Waals surface area contributed by atoms with Gasteiger partial charge in [0, 0.05) is 0 Å². The lowest BCUT2D eigenvalue weighted by Gasteiger charge is -2.35. The highest BCUT2D eigenvalue weighted by Gasteiger charge is 2.37. The summed E-state index contributed by atoms with van der Waals surface area (Å²) in [5.41, 5.74) is 0. The summed E-state index contributed by atoms with van der Waals surface area (Å²) in [6.07, 6.45) is 1.40. The molecular formula is C11H19NO4Si. The Morgan fingerprint density at radius 2 is 2.12 bits per heavy atom. The van der Waals surface area contributed by atoms with Crippen molar-refractivity contribution >= 4 is 14.3 Å². The quantitative estimate of drug-likeness (QED) is 0.840. The van der Waals surface area contributed by atoms with Crippen molar-refractivity contribution in [2.24, 2.45) is 0 Å². The van der Waals surface area contributed by atoms with Gasteiger partial charge in [-0.2, -0.15) is 0 Å². The molecule has 5 nitrogen and oxygen atoms in total. The molecule has 0 radical (unpaired) electrons. The normalized spacial score (nSPS) is 12.8. The maximum absolute atomic E-state index is 10.6. The lowest BCUT2D eigenvalue weighted by molar-refractivity contribution is 0.0649. The SMILES string of the molecule is CC(C)(C)[Si](C)(C)OCc1cnc(C(=O)O)o1. The van der Waals surface area contributed by atoms with Gasteiger partial charge in [0.2, 0.25) is 0 Å². The lowest BCUT2D eigenvalue weighted by Crippen LogP contribution is -2.40. The summed E-state index contributed by atoms with van der Waals surface area (Å²) < 4.78 is 10.9. The predicted octanol–water partition coefficient (Wildman–Crippen LogP) is 2.89. The maximum Gasteiger partial charge on any atom is 0.392 e. The van der Waals surface area contributed by atoms with Crippen molar-refractivity contribution in [3.63, 3.8) is 0 Å². The molecule has 17 heavy (non-hydrogen) atoms. The molecule has 0 fully saturated rings. The van der Waals surface area contributed by atoms with Gasteiger partial charge in [-0.25, -0.2) is 9.78 Å². The molecule has 0 saturated carbocycles. The van der Waals surface area contributed by atoms with Crippen molar-refractivity contribution in [3.8, 4) is 0 Å². The van der Waals surface area contributed by atoms with Crippen LogP contribution in [0.1, 0.15) is 37.2 Å². The second-order valence-corrected chi connectivity index (χ2v) is 10.3. The number of carboxylic acids is 1. The third-order valence-corrected chi connectivity index (χ3v) is 7.60. The standard InChI is InChI=1S/C11H19NO4Si/c1-11(2,3)17(4,5)15-7-8-6-12-9(16-8)10(13)14/h6H,7H2,1-5H3,(H,13,14). The minimum absolute atomic E-state index is 0.114. The molecule has 96 valence electrons. The van der Waals surface area contributed by atoms with Gasteiger partial charge in [0.15, 0.2) is 8.32 Å². The molecule has 0 atom stereocenters. The molecule has 0 saturated heterocycles. The van der Waals surface area contributed by atoms with E-state index >= 15 is 0 Å². The minimum Gasteiger partial charge on any atom is -0.474 e. The monoisotopic (exact) mass is 257 g/mol. The van der Waals surface area contributed by atoms with Gasteiger partial charge in [0.05, 0.1) is 12.8 Å². The highest BCUT2D eigenvalue weighted by molar-refractivity contribution is 6.74. The van der Waals surface area contributed by atoms with Crippen LogP contribution >= 0.6 is 0 Å². The molecule has 0 aliphatic carbocycles. The van der Waals surface area contributed by atoms with E-state index in [0.717, 1.165) is 0 Å². The fraction of sp³-hybridized carbons (Fsp3) is 0.636. The van der Waals surface area contributed by atoms with E-state index in [-0.39, 0.29) is 17.5 Å². The van der Waals surface area contributed by atoms with Crippen LogP contribution in [-0.4, -0.2) is 24.4 Å². The topological polar surface area (TPSA) is 72.6 Å². The van der Waals surface area contributed by atoms with E-state index < -0.39 is 14.3 Å². The zero-order valence-corrected chi connectivity index (χ0v) is 11.9. The van der Waals surface area contributed by atoms with Gasteiger partial charge in [0.1, 0.15) is 5.76 Å². The summed E-state index contributed by atoms with van der Waals surface area (Å²) in [5.74, 6) is -1.00. The van der Waals surface area contributed by atoms with Crippen molar-refractivity contribution in [1.82, 2.24) is 4.98 Å². The zero-order chi connectivity index (χ0) is 13.3. The van der Waals surface area contributed by atoms with E-state index in [1.807, 2.05) is 0 Å². The zero-order valence-electron chi connectivity index (χ0n) is 10.9. The van der Waals surface area contributed by atoms with Crippen LogP contribution in [0.3, 0.4) is 0 Å². The number of hydrogen-bond donors (Lipinski definition) is 1. The molecule has 0 aliphatic rings. The average Bonchev–Trinajstić information content (AvgIpc) is 2.61. The summed E-state index contributed by atoms with van der Waals surface area (Å²) in [7, 11) is -1.84. The lowest BCUT2D eigenvalue weighted by atomic mass is 10.2. The third kappa shape index (κ3) is 3.40. The Balaban J connectivity index is 2.64. The Kier molecular flexibility index (Phi) is 3.78. The van der Waals surface area contributed by atoms with Crippen LogP contribution in [0.4, 0.5) is 0 Å². The van der Waals surface area contributed by atoms with Crippen LogP contribution in [0.25, 0.3) is 0 Å². The van der Waals surface area contributed by atoms with Crippen LogP contribution in [0, 0.1) is 0 Å². The Morgan fingerprint density at radius 3 is 2.53 bits per heavy atom. The van der Waals surface area contributed by atoms with Crippen molar-refractivity contribution < 1.29 is 18.7 Å². The number of carbonyl (C=O) groups is 1. The van der Waals surface area contributed by atoms with Gasteiger partial charge in [-0.3, -0.25) is 0 Å². The Labute approximate surface area is 102 Å². The van der Waals surface area contributed by atoms with Crippen molar-refractivity contribution in [1.29, 1.82) is 0 Å². The van der Waals surface area contributed by atoms with Crippen molar-refractivity contribution in [2.75, 3.05) is 0 Å². The molecule has 0 unspecified atom stereocenters. The van der Waals surface area contributed by atoms with E-state index in [9.17, 15) is 4.79 Å². The molecule has 1 aromatic heterocycles. The molecule has 0 bridgehead atoms. The largest absolute Gasteiger partial charge is 0.474 e. The second kappa shape index (κ2) is 4.62. The number of aromatic carboxylic acids is 1. The van der Waals surface area contributed by atoms with E-state index in [0.29, 0.717) is 5.76 Å². The fourth-order valence-electron chi connectivity index (χ4n) is 0.941. The number of hydrogen-bond acceptors (Lipinski definition) is 4. The first kappa shape index (κ1) is 13.9. The third-order valence-electron chi connectivity index (χ3n) is 3.12. The Bertz CT molecular complexity index is 406. The summed E-state index contributed by atoms with van der Waals surface area (Å²) >= 11 is 0. The van der Waals surface area contributed by atoms with Crippen LogP contribution in [0.2, 0.25) is 18.1 Å². The first-order chi connectivity index (χ1) is 7.63. The molecule has 1 rings (SSSR count). The molecular weight excluding hydrogens is 238 g/mol. The van der Waals surface area contributed by atoms with E-state index in [2.05, 4.69) is 38.8 Å². The molecule has 0 amide bonds. The van der Waals surface area contributed by atoms with Crippen LogP contribution in [-0.2, 0) is 11.0 Å². The summed E-state index contributed by atoms with van der Waals surface area (Å²) in [6.45, 7) is 11.0. The van der Waals surface area contributed by atoms with Crippen LogP contribution in [0.5, 0.6) is 0 Å². The van der Waals surface area contributed by atoms with Gasteiger partial charge < -0.3 is 13.9 Å². The van der Waals surface area contributed by atoms with Gasteiger partial charge in [-0.15, -0.1) is 0 Å². The van der Waals surface area contributed by atoms with Gasteiger partial charge >= 0.3 is 11.9 Å². The van der Waals surface area contributed by atoms with Gasteiger partial charge in [-0.05, 0) is 18.1 Å². The smallest absolute Gasteiger partial charge is 0.392 e. The maximum atomic E-state index is 10.6. The highest BCUT2D eigenvalue weighted by atomic mass is 28.4. The van der Waals surface area contributed by atoms with Crippen molar-refractivity contribution in [2.45, 2.75) is 45.5 Å². The van der Waals surface area contributed by atoms with Crippen molar-refractivity contribution in [3.05, 3.63) is 17.8 Å². The average molecular weight is 257 g/mol. The molecule has 0 aliphatic heterocycles. The van der Waals surface area contributed by atoms with Crippen LogP contribution in [0.15, 0.2) is 10.6 Å². The highest BCUT2D eigenvalue weighted by Crippen LogP contribution is 2.37. The summed E-state index contributed by atoms with van der Waals surface area (Å²) in [5, 5.41) is 8.78. The first-order valence-corrected chi connectivity index (χ1v) is 8.36. The van der Waals surface area contributed by atoms with Gasteiger partial charge in [-0.1, -0.05) is 20.8 Å². The molecule has 1 N–H and O–H groups in total. The number of oxazole rings is 1. The summed E-state index contributed by atoms with van der Waals surface area (Å²) in [4.78, 5) is 14.2. The Morgan fingerprint density at radius 1 is 1.53 bits per heavy atom. The number of carboxylic acid groups (broad SMARTS) is 1. The van der Waals surface area contributed by atoms with E-state index in [1.165, 1.54) is 6.20 Å². The minimum atomic E-state index is -1.84. The second-order valence-electron chi connectivity index (χ2n) is 5.49. The Hall–Kier alpha value is -1.14. The number of aromatic nitrogens is 1. The van der Waals surface area contributed by atoms with E-state index in [4.69, 9.17) is 13.9 Å². The first-order valence-electron chi connectivity index (χ1n) is 5.45. The summed E-state index contributed by atoms with van der Waals surface area (Å²) in [6, 6.07) is 0. The molecule has 0 spiro atoms. The number of rotatable bonds is 4. The van der Waals surface area contributed by atoms with E-state index in [1.54, 1.807) is 0 Å². The molecule has 1 heterocycles. The molecule has 1 aromatic rings. The molecule has 6 heteroatoms. The van der Waals surface area contributed by atoms with Gasteiger partial charge in [0.25, 0.3) is 0 Å². The fourth-order valence-corrected chi connectivity index (χ4v) is 1.88.